The molecule has 0 saturated heterocycles. The van der Waals surface area contributed by atoms with Gasteiger partial charge in [-0.3, -0.25) is 0 Å². The van der Waals surface area contributed by atoms with Crippen molar-refractivity contribution in [3.63, 3.8) is 0 Å². The average molecular weight is 346 g/mol. The summed E-state index contributed by atoms with van der Waals surface area (Å²) < 4.78 is 10.4. The Labute approximate surface area is 81.6 Å². The molecule has 0 unspecified atom stereocenters. The van der Waals surface area contributed by atoms with Gasteiger partial charge < -0.3 is 0 Å². The fraction of sp³-hybridized carbons (Fsp3) is 1.00. The third-order valence-corrected chi connectivity index (χ3v) is 7.58. The SMILES string of the molecule is CCCCC[O][SnH2][O][SnH3]. The van der Waals surface area contributed by atoms with Gasteiger partial charge in [-0.15, -0.1) is 0 Å². The Morgan fingerprint density at radius 1 is 1.44 bits per heavy atom. The standard InChI is InChI=1S/C5H11O.O.2Sn.5H/c1-2-3-4-5-6;;;;;;;;/h2-5H2,1H3;;;;;;;;/q-1;;;+1;;;;;. The molecule has 0 rings (SSSR count). The van der Waals surface area contributed by atoms with Crippen LogP contribution in [0.25, 0.3) is 0 Å². The maximum absolute atomic E-state index is 5.33. The van der Waals surface area contributed by atoms with Crippen molar-refractivity contribution in [3.05, 3.63) is 0 Å². The van der Waals surface area contributed by atoms with Crippen molar-refractivity contribution in [2.24, 2.45) is 0 Å². The van der Waals surface area contributed by atoms with Gasteiger partial charge in [0.25, 0.3) is 0 Å². The van der Waals surface area contributed by atoms with Crippen LogP contribution in [-0.4, -0.2) is 51.5 Å². The molecule has 0 aromatic heterocycles. The van der Waals surface area contributed by atoms with Crippen molar-refractivity contribution in [1.82, 2.24) is 0 Å². The third-order valence-electron chi connectivity index (χ3n) is 1.09. The third kappa shape index (κ3) is 9.52. The predicted octanol–water partition coefficient (Wildman–Crippen LogP) is -0.511. The van der Waals surface area contributed by atoms with Crippen LogP contribution in [0, 0.1) is 0 Å². The van der Waals surface area contributed by atoms with Gasteiger partial charge in [-0.05, 0) is 0 Å². The zero-order chi connectivity index (χ0) is 6.95. The molecule has 0 aliphatic carbocycles. The van der Waals surface area contributed by atoms with Crippen LogP contribution in [0.5, 0.6) is 0 Å². The van der Waals surface area contributed by atoms with Crippen LogP contribution in [0.3, 0.4) is 0 Å². The second kappa shape index (κ2) is 9.52. The molecule has 0 aliphatic heterocycles. The molecule has 0 atom stereocenters. The Kier molecular flexibility index (Phi) is 11.1. The van der Waals surface area contributed by atoms with Gasteiger partial charge in [-0.2, -0.15) is 0 Å². The number of hydrogen-bond donors (Lipinski definition) is 0. The topological polar surface area (TPSA) is 18.5 Å². The van der Waals surface area contributed by atoms with E-state index < -0.39 is 22.0 Å². The Hall–Kier alpha value is 1.52. The Morgan fingerprint density at radius 2 is 2.22 bits per heavy atom. The van der Waals surface area contributed by atoms with Crippen LogP contribution >= 0.6 is 0 Å². The first-order chi connectivity index (χ1) is 4.41. The molecule has 0 heterocycles. The average Bonchev–Trinajstić information content (AvgIpc) is 1.89. The van der Waals surface area contributed by atoms with Gasteiger partial charge >= 0.3 is 82.2 Å². The van der Waals surface area contributed by atoms with E-state index in [-0.39, 0.29) is 0 Å². The van der Waals surface area contributed by atoms with Gasteiger partial charge in [-0.1, -0.05) is 0 Å². The van der Waals surface area contributed by atoms with E-state index in [4.69, 9.17) is 4.49 Å². The molecule has 56 valence electrons. The number of rotatable bonds is 6. The van der Waals surface area contributed by atoms with Crippen LogP contribution < -0.4 is 0 Å². The monoisotopic (exact) mass is 348 g/mol. The molecule has 4 heteroatoms. The van der Waals surface area contributed by atoms with E-state index in [0.29, 0.717) is 22.9 Å². The summed E-state index contributed by atoms with van der Waals surface area (Å²) in [4.78, 5) is 0. The zero-order valence-corrected chi connectivity index (χ0v) is 16.1. The fourth-order valence-corrected chi connectivity index (χ4v) is 5.18. The summed E-state index contributed by atoms with van der Waals surface area (Å²) in [7, 11) is 0. The first kappa shape index (κ1) is 10.5. The van der Waals surface area contributed by atoms with Crippen molar-refractivity contribution in [2.75, 3.05) is 6.61 Å². The van der Waals surface area contributed by atoms with Crippen molar-refractivity contribution >= 4 is 44.9 Å². The van der Waals surface area contributed by atoms with Crippen LogP contribution in [0.4, 0.5) is 0 Å². The first-order valence-corrected chi connectivity index (χ1v) is 9.11. The molecule has 0 amide bonds. The minimum absolute atomic E-state index is 0.439. The van der Waals surface area contributed by atoms with E-state index in [1.54, 1.807) is 0 Å². The number of unbranched alkanes of at least 4 members (excludes halogenated alkanes) is 2. The second-order valence-electron chi connectivity index (χ2n) is 2.02. The summed E-state index contributed by atoms with van der Waals surface area (Å²) in [5.74, 6) is 0. The summed E-state index contributed by atoms with van der Waals surface area (Å²) in [6, 6.07) is 0. The molecule has 0 aromatic carbocycles. The van der Waals surface area contributed by atoms with E-state index in [9.17, 15) is 0 Å². The molecule has 0 fully saturated rings. The van der Waals surface area contributed by atoms with Crippen LogP contribution in [0.15, 0.2) is 0 Å². The van der Waals surface area contributed by atoms with Crippen LogP contribution in [0.1, 0.15) is 26.2 Å². The molecule has 0 N–H and O–H groups in total. The predicted molar refractivity (Wildman–Crippen MR) is 45.0 cm³/mol. The van der Waals surface area contributed by atoms with Crippen molar-refractivity contribution in [2.45, 2.75) is 26.2 Å². The van der Waals surface area contributed by atoms with Crippen LogP contribution in [0.2, 0.25) is 0 Å². The molecule has 0 radical (unpaired) electrons. The second-order valence-corrected chi connectivity index (χ2v) is 16.6. The molecule has 0 aliphatic rings. The van der Waals surface area contributed by atoms with Gasteiger partial charge in [0.15, 0.2) is 0 Å². The Balaban J connectivity index is 2.60. The van der Waals surface area contributed by atoms with Gasteiger partial charge in [0, 0.05) is 0 Å². The van der Waals surface area contributed by atoms with Gasteiger partial charge in [0.2, 0.25) is 0 Å². The summed E-state index contributed by atoms with van der Waals surface area (Å²) in [5.41, 5.74) is 0. The van der Waals surface area contributed by atoms with E-state index in [2.05, 4.69) is 6.92 Å². The molecule has 0 spiro atoms. The Morgan fingerprint density at radius 3 is 2.78 bits per heavy atom. The van der Waals surface area contributed by atoms with Crippen molar-refractivity contribution < 1.29 is 4.49 Å². The van der Waals surface area contributed by atoms with E-state index in [1.165, 1.54) is 19.3 Å². The van der Waals surface area contributed by atoms with E-state index >= 15 is 0 Å². The van der Waals surface area contributed by atoms with Crippen molar-refractivity contribution in [1.29, 1.82) is 0 Å². The summed E-state index contributed by atoms with van der Waals surface area (Å²) >= 11 is -0.607. The van der Waals surface area contributed by atoms with E-state index in [1.807, 2.05) is 0 Å². The van der Waals surface area contributed by atoms with Gasteiger partial charge in [0.1, 0.15) is 0 Å². The van der Waals surface area contributed by atoms with Crippen LogP contribution in [-0.2, 0) is 4.49 Å². The molecule has 2 nitrogen and oxygen atoms in total. The Bertz CT molecular complexity index is 46.2. The number of hydrogen-bond acceptors (Lipinski definition) is 2. The molecular weight excluding hydrogens is 329 g/mol. The van der Waals surface area contributed by atoms with Gasteiger partial charge in [-0.25, -0.2) is 0 Å². The van der Waals surface area contributed by atoms with Gasteiger partial charge in [0.05, 0.1) is 0 Å². The maximum atomic E-state index is 5.33. The molecule has 9 heavy (non-hydrogen) atoms. The molecular formula is C5H16O2Sn2. The fourth-order valence-electron chi connectivity index (χ4n) is 0.596. The van der Waals surface area contributed by atoms with E-state index in [0.717, 1.165) is 6.61 Å². The first-order valence-electron chi connectivity index (χ1n) is 3.48. The molecule has 0 saturated carbocycles. The molecule has 0 aromatic rings. The normalized spacial score (nSPS) is 11.7. The summed E-state index contributed by atoms with van der Waals surface area (Å²) in [6.07, 6.45) is 3.82. The summed E-state index contributed by atoms with van der Waals surface area (Å²) in [6.45, 7) is 3.17. The zero-order valence-electron chi connectivity index (χ0n) is 6.35. The molecule has 0 bridgehead atoms. The quantitative estimate of drug-likeness (QED) is 0.477. The summed E-state index contributed by atoms with van der Waals surface area (Å²) in [5, 5.41) is 0. The van der Waals surface area contributed by atoms with Crippen molar-refractivity contribution in [3.8, 4) is 0 Å². The minimum atomic E-state index is -1.05.